The quantitative estimate of drug-likeness (QED) is 0.195. The Kier molecular flexibility index (Phi) is 9.48. The SMILES string of the molecule is C=C[Si](C1CCCCC1)(C1CCCCC1)C1CCC2C3CCC(Br)CC3C(CC(C)C)(CC(C)C)C2C1. The first-order chi connectivity index (χ1) is 17.8. The van der Waals surface area contributed by atoms with Gasteiger partial charge in [0.15, 0.2) is 0 Å². The second-order valence-corrected chi connectivity index (χ2v) is 21.9. The second kappa shape index (κ2) is 12.1. The van der Waals surface area contributed by atoms with Gasteiger partial charge in [-0.15, -0.1) is 12.3 Å². The average Bonchev–Trinajstić information content (AvgIpc) is 3.13. The highest BCUT2D eigenvalue weighted by Gasteiger charge is 2.63. The van der Waals surface area contributed by atoms with Crippen LogP contribution < -0.4 is 0 Å². The van der Waals surface area contributed by atoms with Gasteiger partial charge in [0.2, 0.25) is 0 Å². The van der Waals surface area contributed by atoms with Crippen molar-refractivity contribution in [2.75, 3.05) is 0 Å². The van der Waals surface area contributed by atoms with Crippen LogP contribution in [0.2, 0.25) is 16.6 Å². The molecule has 0 N–H and O–H groups in total. The molecule has 0 nitrogen and oxygen atoms in total. The molecule has 6 atom stereocenters. The second-order valence-electron chi connectivity index (χ2n) is 15.8. The highest BCUT2D eigenvalue weighted by molar-refractivity contribution is 9.09. The molecule has 0 amide bonds. The maximum Gasteiger partial charge on any atom is 0.0863 e. The molecule has 5 aliphatic rings. The van der Waals surface area contributed by atoms with E-state index in [1.54, 1.807) is 44.9 Å². The molecule has 37 heavy (non-hydrogen) atoms. The zero-order valence-electron chi connectivity index (χ0n) is 25.2. The van der Waals surface area contributed by atoms with Crippen LogP contribution in [0.15, 0.2) is 12.3 Å². The maximum atomic E-state index is 4.82. The molecule has 5 fully saturated rings. The molecule has 0 heterocycles. The van der Waals surface area contributed by atoms with Crippen molar-refractivity contribution in [3.8, 4) is 0 Å². The monoisotopic (exact) mass is 588 g/mol. The maximum absolute atomic E-state index is 4.82. The highest BCUT2D eigenvalue weighted by atomic mass is 79.9. The van der Waals surface area contributed by atoms with E-state index in [2.05, 4.69) is 49.3 Å². The number of hydrogen-bond donors (Lipinski definition) is 0. The van der Waals surface area contributed by atoms with Gasteiger partial charge in [-0.3, -0.25) is 0 Å². The van der Waals surface area contributed by atoms with E-state index in [9.17, 15) is 0 Å². The van der Waals surface area contributed by atoms with Crippen molar-refractivity contribution >= 4 is 24.0 Å². The van der Waals surface area contributed by atoms with Crippen molar-refractivity contribution in [2.24, 2.45) is 40.9 Å². The number of fused-ring (bicyclic) bond motifs is 3. The van der Waals surface area contributed by atoms with Gasteiger partial charge in [0, 0.05) is 4.83 Å². The van der Waals surface area contributed by atoms with Crippen LogP contribution in [-0.2, 0) is 0 Å². The Morgan fingerprint density at radius 1 is 0.676 bits per heavy atom. The first-order valence-electron chi connectivity index (χ1n) is 17.1. The number of rotatable bonds is 8. The minimum absolute atomic E-state index is 0.600. The lowest BCUT2D eigenvalue weighted by Crippen LogP contribution is -2.52. The molecule has 0 aromatic heterocycles. The van der Waals surface area contributed by atoms with Gasteiger partial charge in [-0.1, -0.05) is 114 Å². The van der Waals surface area contributed by atoms with Gasteiger partial charge >= 0.3 is 0 Å². The van der Waals surface area contributed by atoms with E-state index in [1.807, 2.05) is 0 Å². The Balaban J connectivity index is 1.53. The van der Waals surface area contributed by atoms with Crippen LogP contribution in [0, 0.1) is 40.9 Å². The summed E-state index contributed by atoms with van der Waals surface area (Å²) in [7, 11) is -1.58. The summed E-state index contributed by atoms with van der Waals surface area (Å²) in [5.41, 5.74) is 6.53. The fourth-order valence-corrected chi connectivity index (χ4v) is 20.1. The van der Waals surface area contributed by atoms with Crippen LogP contribution in [0.25, 0.3) is 0 Å². The number of alkyl halides is 1. The lowest BCUT2D eigenvalue weighted by atomic mass is 9.58. The Morgan fingerprint density at radius 3 is 1.65 bits per heavy atom. The highest BCUT2D eigenvalue weighted by Crippen LogP contribution is 2.71. The van der Waals surface area contributed by atoms with Crippen LogP contribution in [0.3, 0.4) is 0 Å². The van der Waals surface area contributed by atoms with Gasteiger partial charge in [0.25, 0.3) is 0 Å². The van der Waals surface area contributed by atoms with Crippen molar-refractivity contribution in [1.82, 2.24) is 0 Å². The van der Waals surface area contributed by atoms with E-state index in [0.29, 0.717) is 5.41 Å². The third-order valence-corrected chi connectivity index (χ3v) is 20.5. The summed E-state index contributed by atoms with van der Waals surface area (Å²) in [6.45, 7) is 15.0. The predicted molar refractivity (Wildman–Crippen MR) is 169 cm³/mol. The van der Waals surface area contributed by atoms with Gasteiger partial charge in [0.1, 0.15) is 0 Å². The van der Waals surface area contributed by atoms with Gasteiger partial charge in [-0.25, -0.2) is 0 Å². The van der Waals surface area contributed by atoms with E-state index in [0.717, 1.165) is 57.0 Å². The van der Waals surface area contributed by atoms with Crippen LogP contribution >= 0.6 is 15.9 Å². The lowest BCUT2D eigenvalue weighted by molar-refractivity contribution is 0.0319. The number of hydrogen-bond acceptors (Lipinski definition) is 0. The number of halogens is 1. The standard InChI is InChI=1S/C35H61BrSi/c1-6-37(28-13-9-7-10-14-28,29-15-11-8-12-16-29)30-18-20-32-31-19-17-27(36)21-33(31)35(23-25(2)3,24-26(4)5)34(32)22-30/h6,25-34H,1,7-24H2,2-5H3. The predicted octanol–water partition coefficient (Wildman–Crippen LogP) is 11.9. The van der Waals surface area contributed by atoms with E-state index in [1.165, 1.54) is 70.6 Å². The lowest BCUT2D eigenvalue weighted by Gasteiger charge is -2.55. The first-order valence-corrected chi connectivity index (χ1v) is 20.3. The molecule has 5 saturated carbocycles. The van der Waals surface area contributed by atoms with Crippen LogP contribution in [0.4, 0.5) is 0 Å². The molecule has 0 saturated heterocycles. The van der Waals surface area contributed by atoms with Crippen LogP contribution in [0.1, 0.15) is 143 Å². The van der Waals surface area contributed by atoms with Gasteiger partial charge in [-0.2, -0.15) is 0 Å². The van der Waals surface area contributed by atoms with Crippen molar-refractivity contribution in [2.45, 2.75) is 165 Å². The summed E-state index contributed by atoms with van der Waals surface area (Å²) < 4.78 is 0. The summed E-state index contributed by atoms with van der Waals surface area (Å²) in [6, 6.07) is 0. The molecule has 6 unspecified atom stereocenters. The van der Waals surface area contributed by atoms with Crippen molar-refractivity contribution in [1.29, 1.82) is 0 Å². The molecule has 0 bridgehead atoms. The van der Waals surface area contributed by atoms with Gasteiger partial charge in [0.05, 0.1) is 8.07 Å². The minimum atomic E-state index is -1.58. The normalized spacial score (nSPS) is 37.5. The molecule has 5 rings (SSSR count). The topological polar surface area (TPSA) is 0 Å². The molecule has 0 aliphatic heterocycles. The summed E-state index contributed by atoms with van der Waals surface area (Å²) in [5, 5.41) is 0. The van der Waals surface area contributed by atoms with Crippen molar-refractivity contribution in [3.05, 3.63) is 12.3 Å². The Labute approximate surface area is 241 Å². The minimum Gasteiger partial charge on any atom is -0.107 e. The summed E-state index contributed by atoms with van der Waals surface area (Å²) in [5.74, 6) is 5.70. The Hall–Kier alpha value is 0.437. The molecule has 212 valence electrons. The van der Waals surface area contributed by atoms with E-state index >= 15 is 0 Å². The summed E-state index contributed by atoms with van der Waals surface area (Å²) >= 11 is 4.16. The molecular weight excluding hydrogens is 528 g/mol. The fraction of sp³-hybridized carbons (Fsp3) is 0.943. The molecule has 0 radical (unpaired) electrons. The Morgan fingerprint density at radius 2 is 1.16 bits per heavy atom. The summed E-state index contributed by atoms with van der Waals surface area (Å²) in [6.07, 6.45) is 27.4. The van der Waals surface area contributed by atoms with Crippen LogP contribution in [-0.4, -0.2) is 12.9 Å². The smallest absolute Gasteiger partial charge is 0.0863 e. The van der Waals surface area contributed by atoms with E-state index in [4.69, 9.17) is 6.58 Å². The molecule has 0 aromatic carbocycles. The molecule has 2 heteroatoms. The zero-order chi connectivity index (χ0) is 26.2. The zero-order valence-corrected chi connectivity index (χ0v) is 27.7. The third-order valence-electron chi connectivity index (χ3n) is 13.0. The van der Waals surface area contributed by atoms with E-state index < -0.39 is 8.07 Å². The largest absolute Gasteiger partial charge is 0.107 e. The van der Waals surface area contributed by atoms with Gasteiger partial charge in [-0.05, 0) is 102 Å². The first kappa shape index (κ1) is 28.9. The third kappa shape index (κ3) is 5.40. The Bertz CT molecular complexity index is 716. The molecule has 5 aliphatic carbocycles. The summed E-state index contributed by atoms with van der Waals surface area (Å²) in [4.78, 5) is 0.773. The molecule has 0 aromatic rings. The van der Waals surface area contributed by atoms with Crippen molar-refractivity contribution in [3.63, 3.8) is 0 Å². The van der Waals surface area contributed by atoms with Gasteiger partial charge < -0.3 is 0 Å². The fourth-order valence-electron chi connectivity index (χ4n) is 12.3. The van der Waals surface area contributed by atoms with Crippen molar-refractivity contribution < 1.29 is 0 Å². The molecule has 0 spiro atoms. The molecular formula is C35H61BrSi. The average molecular weight is 590 g/mol. The van der Waals surface area contributed by atoms with Crippen LogP contribution in [0.5, 0.6) is 0 Å². The van der Waals surface area contributed by atoms with E-state index in [-0.39, 0.29) is 0 Å².